The van der Waals surface area contributed by atoms with Gasteiger partial charge in [0.05, 0.1) is 11.4 Å². The largest absolute Gasteiger partial charge is 0.360 e. The van der Waals surface area contributed by atoms with Crippen LogP contribution in [0.5, 0.6) is 0 Å². The van der Waals surface area contributed by atoms with Crippen molar-refractivity contribution in [2.75, 3.05) is 11.9 Å². The lowest BCUT2D eigenvalue weighted by Gasteiger charge is -2.30. The van der Waals surface area contributed by atoms with Gasteiger partial charge in [0.2, 0.25) is 6.17 Å². The number of fused-ring (bicyclic) bond motifs is 1. The summed E-state index contributed by atoms with van der Waals surface area (Å²) in [5.74, 6) is 0.370. The van der Waals surface area contributed by atoms with E-state index in [0.717, 1.165) is 11.1 Å². The molecule has 2 aliphatic rings. The molecule has 5 nitrogen and oxygen atoms in total. The molecule has 1 saturated carbocycles. The molecule has 0 spiro atoms. The molecule has 8 heteroatoms. The number of rotatable bonds is 4. The zero-order valence-corrected chi connectivity index (χ0v) is 21.1. The van der Waals surface area contributed by atoms with Gasteiger partial charge in [-0.2, -0.15) is 0 Å². The summed E-state index contributed by atoms with van der Waals surface area (Å²) in [7, 11) is 1.73. The van der Waals surface area contributed by atoms with Crippen LogP contribution in [-0.4, -0.2) is 36.0 Å². The zero-order valence-electron chi connectivity index (χ0n) is 18.8. The molecule has 174 valence electrons. The van der Waals surface area contributed by atoms with Crippen molar-refractivity contribution in [3.63, 3.8) is 0 Å². The van der Waals surface area contributed by atoms with Crippen LogP contribution in [0.15, 0.2) is 47.5 Å². The summed E-state index contributed by atoms with van der Waals surface area (Å²) in [6, 6.07) is 13.1. The number of anilines is 1. The second-order valence-electron chi connectivity index (χ2n) is 8.72. The third kappa shape index (κ3) is 5.34. The standard InChI is InChI=1S/C25H28Cl2N4OS/c1-15(16-8-4-3-5-9-16)28-25(33)30-23-24(32)31(2)21-13-12-17(26)14-19(21)22(29-23)18-10-6-7-11-20(18)27/h6-7,10-16,23H,3-5,8-9H2,1-2H3,(H2,28,30,33). The molecule has 1 fully saturated rings. The number of carbonyl (C=O) groups excluding carboxylic acids is 1. The first-order chi connectivity index (χ1) is 15.8. The summed E-state index contributed by atoms with van der Waals surface area (Å²) in [6.45, 7) is 2.15. The van der Waals surface area contributed by atoms with Crippen molar-refractivity contribution in [3.8, 4) is 0 Å². The fourth-order valence-corrected chi connectivity index (χ4v) is 5.33. The number of amides is 1. The SMILES string of the molecule is CC(NC(=S)NC1N=C(c2ccccc2Cl)c2cc(Cl)ccc2N(C)C1=O)C1CCCCC1. The fraction of sp³-hybridized carbons (Fsp3) is 0.400. The van der Waals surface area contributed by atoms with E-state index in [9.17, 15) is 4.79 Å². The number of benzodiazepines with no additional fused rings is 1. The Labute approximate surface area is 210 Å². The van der Waals surface area contributed by atoms with E-state index in [-0.39, 0.29) is 11.9 Å². The monoisotopic (exact) mass is 502 g/mol. The molecular weight excluding hydrogens is 475 g/mol. The summed E-state index contributed by atoms with van der Waals surface area (Å²) in [6.07, 6.45) is 5.33. The molecule has 4 rings (SSSR count). The van der Waals surface area contributed by atoms with Gasteiger partial charge >= 0.3 is 0 Å². The van der Waals surface area contributed by atoms with Crippen molar-refractivity contribution < 1.29 is 4.79 Å². The van der Waals surface area contributed by atoms with E-state index in [2.05, 4.69) is 17.6 Å². The van der Waals surface area contributed by atoms with Gasteiger partial charge in [0.15, 0.2) is 5.11 Å². The molecule has 2 aromatic carbocycles. The highest BCUT2D eigenvalue weighted by Crippen LogP contribution is 2.32. The second-order valence-corrected chi connectivity index (χ2v) is 9.98. The van der Waals surface area contributed by atoms with Crippen molar-refractivity contribution in [1.29, 1.82) is 0 Å². The predicted octanol–water partition coefficient (Wildman–Crippen LogP) is 5.57. The van der Waals surface area contributed by atoms with Crippen LogP contribution < -0.4 is 15.5 Å². The van der Waals surface area contributed by atoms with Gasteiger partial charge in [-0.05, 0) is 62.2 Å². The number of aliphatic imine (C=N–C) groups is 1. The van der Waals surface area contributed by atoms with Gasteiger partial charge < -0.3 is 15.5 Å². The Balaban J connectivity index is 1.66. The number of nitrogens with one attached hydrogen (secondary N) is 2. The van der Waals surface area contributed by atoms with Gasteiger partial charge in [-0.15, -0.1) is 0 Å². The van der Waals surface area contributed by atoms with E-state index in [1.165, 1.54) is 32.1 Å². The minimum atomic E-state index is -0.897. The lowest BCUT2D eigenvalue weighted by atomic mass is 9.85. The van der Waals surface area contributed by atoms with E-state index in [1.54, 1.807) is 24.1 Å². The minimum Gasteiger partial charge on any atom is -0.360 e. The van der Waals surface area contributed by atoms with Gasteiger partial charge in [0, 0.05) is 34.3 Å². The zero-order chi connectivity index (χ0) is 23.5. The van der Waals surface area contributed by atoms with E-state index < -0.39 is 6.17 Å². The summed E-state index contributed by atoms with van der Waals surface area (Å²) in [5, 5.41) is 8.05. The molecule has 0 radical (unpaired) electrons. The van der Waals surface area contributed by atoms with Gasteiger partial charge in [-0.3, -0.25) is 4.79 Å². The smallest absolute Gasteiger partial charge is 0.272 e. The maximum Gasteiger partial charge on any atom is 0.272 e. The van der Waals surface area contributed by atoms with Crippen LogP contribution in [0, 0.1) is 5.92 Å². The molecule has 1 aliphatic heterocycles. The first kappa shape index (κ1) is 24.0. The molecule has 0 aromatic heterocycles. The maximum absolute atomic E-state index is 13.4. The van der Waals surface area contributed by atoms with E-state index >= 15 is 0 Å². The van der Waals surface area contributed by atoms with E-state index in [1.807, 2.05) is 30.3 Å². The average molecular weight is 503 g/mol. The van der Waals surface area contributed by atoms with Crippen LogP contribution in [0.1, 0.15) is 50.2 Å². The summed E-state index contributed by atoms with van der Waals surface area (Å²) in [4.78, 5) is 19.8. The highest BCUT2D eigenvalue weighted by atomic mass is 35.5. The van der Waals surface area contributed by atoms with Crippen molar-refractivity contribution in [3.05, 3.63) is 63.6 Å². The second kappa shape index (κ2) is 10.4. The van der Waals surface area contributed by atoms with Gasteiger partial charge in [0.25, 0.3) is 5.91 Å². The Morgan fingerprint density at radius 2 is 1.85 bits per heavy atom. The Bertz CT molecular complexity index is 1080. The summed E-state index contributed by atoms with van der Waals surface area (Å²) >= 11 is 18.4. The normalized spacial score (nSPS) is 19.9. The van der Waals surface area contributed by atoms with Gasteiger partial charge in [0.1, 0.15) is 0 Å². The Morgan fingerprint density at radius 3 is 2.58 bits per heavy atom. The van der Waals surface area contributed by atoms with E-state index in [4.69, 9.17) is 40.4 Å². The van der Waals surface area contributed by atoms with Gasteiger partial charge in [-0.25, -0.2) is 4.99 Å². The lowest BCUT2D eigenvalue weighted by molar-refractivity contribution is -0.119. The molecule has 1 aliphatic carbocycles. The Kier molecular flexibility index (Phi) is 7.57. The third-order valence-electron chi connectivity index (χ3n) is 6.51. The quantitative estimate of drug-likeness (QED) is 0.536. The minimum absolute atomic E-state index is 0.213. The topological polar surface area (TPSA) is 56.7 Å². The molecule has 0 bridgehead atoms. The molecule has 2 N–H and O–H groups in total. The lowest BCUT2D eigenvalue weighted by Crippen LogP contribution is -2.52. The molecule has 1 heterocycles. The van der Waals surface area contributed by atoms with Crippen LogP contribution in [0.2, 0.25) is 10.0 Å². The van der Waals surface area contributed by atoms with Crippen molar-refractivity contribution in [2.45, 2.75) is 51.2 Å². The summed E-state index contributed by atoms with van der Waals surface area (Å²) < 4.78 is 0. The molecular formula is C25H28Cl2N4OS. The van der Waals surface area contributed by atoms with Crippen LogP contribution in [-0.2, 0) is 4.79 Å². The number of likely N-dealkylation sites (N-methyl/N-ethyl adjacent to an activating group) is 1. The molecule has 2 atom stereocenters. The van der Waals surface area contributed by atoms with Crippen LogP contribution in [0.4, 0.5) is 5.69 Å². The number of thiocarbonyl (C=S) groups is 1. The molecule has 2 unspecified atom stereocenters. The molecule has 33 heavy (non-hydrogen) atoms. The number of carbonyl (C=O) groups is 1. The Hall–Kier alpha value is -2.15. The molecule has 2 aromatic rings. The first-order valence-corrected chi connectivity index (χ1v) is 12.5. The van der Waals surface area contributed by atoms with E-state index in [0.29, 0.717) is 32.5 Å². The van der Waals surface area contributed by atoms with Crippen LogP contribution in [0.25, 0.3) is 0 Å². The number of hydrogen-bond acceptors (Lipinski definition) is 3. The van der Waals surface area contributed by atoms with Crippen LogP contribution in [0.3, 0.4) is 0 Å². The fourth-order valence-electron chi connectivity index (χ4n) is 4.63. The van der Waals surface area contributed by atoms with Gasteiger partial charge in [-0.1, -0.05) is 60.7 Å². The van der Waals surface area contributed by atoms with Crippen molar-refractivity contribution >= 4 is 57.8 Å². The summed E-state index contributed by atoms with van der Waals surface area (Å²) in [5.41, 5.74) is 2.77. The highest BCUT2D eigenvalue weighted by molar-refractivity contribution is 7.80. The predicted molar refractivity (Wildman–Crippen MR) is 141 cm³/mol. The third-order valence-corrected chi connectivity index (χ3v) is 7.31. The average Bonchev–Trinajstić information content (AvgIpc) is 2.90. The Morgan fingerprint density at radius 1 is 1.12 bits per heavy atom. The molecule has 1 amide bonds. The number of halogens is 2. The first-order valence-electron chi connectivity index (χ1n) is 11.3. The molecule has 0 saturated heterocycles. The maximum atomic E-state index is 13.4. The highest BCUT2D eigenvalue weighted by Gasteiger charge is 2.31. The number of benzene rings is 2. The van der Waals surface area contributed by atoms with Crippen LogP contribution >= 0.6 is 35.4 Å². The number of nitrogens with zero attached hydrogens (tertiary/aromatic N) is 2. The van der Waals surface area contributed by atoms with Crippen molar-refractivity contribution in [1.82, 2.24) is 10.6 Å². The number of hydrogen-bond donors (Lipinski definition) is 2. The van der Waals surface area contributed by atoms with Crippen molar-refractivity contribution in [2.24, 2.45) is 10.9 Å².